The number of aryl methyl sites for hydroxylation is 3. The van der Waals surface area contributed by atoms with Gasteiger partial charge in [-0.05, 0) is 44.5 Å². The average Bonchev–Trinajstić information content (AvgIpc) is 3.05. The van der Waals surface area contributed by atoms with Gasteiger partial charge in [-0.1, -0.05) is 12.1 Å². The van der Waals surface area contributed by atoms with Crippen molar-refractivity contribution in [1.29, 1.82) is 0 Å². The largest absolute Gasteiger partial charge is 0.305 e. The first-order valence-electron chi connectivity index (χ1n) is 7.44. The van der Waals surface area contributed by atoms with E-state index in [1.54, 1.807) is 6.07 Å². The van der Waals surface area contributed by atoms with E-state index in [1.807, 2.05) is 55.8 Å². The molecule has 0 fully saturated rings. The van der Waals surface area contributed by atoms with Gasteiger partial charge in [-0.25, -0.2) is 0 Å². The van der Waals surface area contributed by atoms with Crippen LogP contribution in [-0.4, -0.2) is 25.9 Å². The Morgan fingerprint density at radius 3 is 2.48 bits per heavy atom. The smallest absolute Gasteiger partial charge is 0.256 e. The van der Waals surface area contributed by atoms with Crippen LogP contribution in [0.15, 0.2) is 36.4 Å². The summed E-state index contributed by atoms with van der Waals surface area (Å²) in [6, 6.07) is 11.4. The Morgan fingerprint density at radius 1 is 1.17 bits per heavy atom. The van der Waals surface area contributed by atoms with E-state index in [4.69, 9.17) is 0 Å². The summed E-state index contributed by atoms with van der Waals surface area (Å²) in [5.41, 5.74) is 4.73. The highest BCUT2D eigenvalue weighted by Crippen LogP contribution is 2.11. The van der Waals surface area contributed by atoms with Crippen molar-refractivity contribution in [1.82, 2.24) is 20.0 Å². The molecule has 118 valence electrons. The van der Waals surface area contributed by atoms with Crippen molar-refractivity contribution in [3.05, 3.63) is 64.6 Å². The van der Waals surface area contributed by atoms with Crippen LogP contribution in [0.3, 0.4) is 0 Å². The fourth-order valence-electron chi connectivity index (χ4n) is 2.44. The van der Waals surface area contributed by atoms with Crippen molar-refractivity contribution in [3.8, 4) is 0 Å². The van der Waals surface area contributed by atoms with E-state index in [-0.39, 0.29) is 5.91 Å². The molecule has 0 saturated carbocycles. The summed E-state index contributed by atoms with van der Waals surface area (Å²) >= 11 is 0. The second-order valence-corrected chi connectivity index (χ2v) is 5.67. The van der Waals surface area contributed by atoms with E-state index >= 15 is 0 Å². The lowest BCUT2D eigenvalue weighted by Gasteiger charge is -2.06. The molecule has 0 spiro atoms. The second kappa shape index (κ2) is 6.08. The Labute approximate surface area is 134 Å². The second-order valence-electron chi connectivity index (χ2n) is 5.67. The van der Waals surface area contributed by atoms with Gasteiger partial charge in [0.25, 0.3) is 5.91 Å². The van der Waals surface area contributed by atoms with Crippen LogP contribution >= 0.6 is 0 Å². The zero-order valence-corrected chi connectivity index (χ0v) is 13.4. The lowest BCUT2D eigenvalue weighted by Crippen LogP contribution is -2.12. The minimum atomic E-state index is -0.172. The van der Waals surface area contributed by atoms with Crippen LogP contribution in [0.4, 0.5) is 5.82 Å². The quantitative estimate of drug-likeness (QED) is 0.778. The molecule has 3 aromatic rings. The third kappa shape index (κ3) is 3.48. The van der Waals surface area contributed by atoms with Crippen LogP contribution in [-0.2, 0) is 6.54 Å². The van der Waals surface area contributed by atoms with Crippen molar-refractivity contribution in [2.24, 2.45) is 0 Å². The Bertz CT molecular complexity index is 829. The number of hydrogen-bond acceptors (Lipinski definition) is 3. The molecule has 3 rings (SSSR count). The van der Waals surface area contributed by atoms with Crippen LogP contribution in [0.5, 0.6) is 0 Å². The molecule has 0 aliphatic carbocycles. The molecular formula is C17H19N5O. The van der Waals surface area contributed by atoms with Crippen molar-refractivity contribution in [2.45, 2.75) is 27.3 Å². The lowest BCUT2D eigenvalue weighted by molar-refractivity contribution is 0.102. The summed E-state index contributed by atoms with van der Waals surface area (Å²) in [7, 11) is 0. The highest BCUT2D eigenvalue weighted by atomic mass is 16.1. The van der Waals surface area contributed by atoms with Crippen LogP contribution in [0.1, 0.15) is 33.0 Å². The summed E-state index contributed by atoms with van der Waals surface area (Å²) in [6.45, 7) is 6.60. The molecule has 2 aromatic heterocycles. The van der Waals surface area contributed by atoms with Gasteiger partial charge in [-0.3, -0.25) is 14.6 Å². The Kier molecular flexibility index (Phi) is 3.97. The maximum absolute atomic E-state index is 12.2. The van der Waals surface area contributed by atoms with Crippen LogP contribution in [0, 0.1) is 20.8 Å². The number of benzene rings is 1. The van der Waals surface area contributed by atoms with Crippen molar-refractivity contribution < 1.29 is 4.79 Å². The Balaban J connectivity index is 1.69. The minimum Gasteiger partial charge on any atom is -0.305 e. The summed E-state index contributed by atoms with van der Waals surface area (Å²) < 4.78 is 1.96. The highest BCUT2D eigenvalue weighted by Gasteiger charge is 2.08. The van der Waals surface area contributed by atoms with Gasteiger partial charge in [0.05, 0.1) is 12.2 Å². The molecule has 6 nitrogen and oxygen atoms in total. The molecule has 0 saturated heterocycles. The number of anilines is 1. The van der Waals surface area contributed by atoms with Gasteiger partial charge in [0.15, 0.2) is 5.82 Å². The number of nitrogens with zero attached hydrogens (tertiary/aromatic N) is 3. The molecule has 2 N–H and O–H groups in total. The fourth-order valence-corrected chi connectivity index (χ4v) is 2.44. The lowest BCUT2D eigenvalue weighted by atomic mass is 10.1. The zero-order valence-electron chi connectivity index (χ0n) is 13.4. The number of aromatic amines is 1. The minimum absolute atomic E-state index is 0.172. The maximum Gasteiger partial charge on any atom is 0.256 e. The topological polar surface area (TPSA) is 75.6 Å². The highest BCUT2D eigenvalue weighted by molar-refractivity contribution is 6.03. The number of aromatic nitrogens is 4. The molecule has 0 unspecified atom stereocenters. The Hall–Kier alpha value is -2.89. The number of nitrogens with one attached hydrogen (secondary N) is 2. The maximum atomic E-state index is 12.2. The Morgan fingerprint density at radius 2 is 1.91 bits per heavy atom. The van der Waals surface area contributed by atoms with Gasteiger partial charge in [-0.2, -0.15) is 10.2 Å². The zero-order chi connectivity index (χ0) is 16.4. The van der Waals surface area contributed by atoms with Gasteiger partial charge in [0.2, 0.25) is 0 Å². The number of carbonyl (C=O) groups excluding carboxylic acids is 1. The molecule has 1 aromatic carbocycles. The average molecular weight is 309 g/mol. The molecule has 0 atom stereocenters. The van der Waals surface area contributed by atoms with Gasteiger partial charge in [0, 0.05) is 23.0 Å². The molecule has 0 bridgehead atoms. The molecule has 23 heavy (non-hydrogen) atoms. The van der Waals surface area contributed by atoms with Crippen LogP contribution in [0.25, 0.3) is 0 Å². The molecule has 2 heterocycles. The summed E-state index contributed by atoms with van der Waals surface area (Å²) in [5, 5.41) is 14.0. The first-order valence-corrected chi connectivity index (χ1v) is 7.44. The molecule has 0 aliphatic rings. The van der Waals surface area contributed by atoms with E-state index in [2.05, 4.69) is 20.6 Å². The normalized spacial score (nSPS) is 10.7. The van der Waals surface area contributed by atoms with Gasteiger partial charge < -0.3 is 5.32 Å². The number of carbonyl (C=O) groups is 1. The summed E-state index contributed by atoms with van der Waals surface area (Å²) in [6.07, 6.45) is 0. The predicted octanol–water partition coefficient (Wildman–Crippen LogP) is 2.83. The van der Waals surface area contributed by atoms with Gasteiger partial charge in [0.1, 0.15) is 0 Å². The third-order valence-electron chi connectivity index (χ3n) is 3.60. The van der Waals surface area contributed by atoms with Crippen LogP contribution in [0.2, 0.25) is 0 Å². The number of amides is 1. The summed E-state index contributed by atoms with van der Waals surface area (Å²) in [5.74, 6) is 0.355. The molecule has 6 heteroatoms. The van der Waals surface area contributed by atoms with Crippen LogP contribution < -0.4 is 5.32 Å². The van der Waals surface area contributed by atoms with Gasteiger partial charge >= 0.3 is 0 Å². The van der Waals surface area contributed by atoms with E-state index in [1.165, 1.54) is 0 Å². The first-order chi connectivity index (χ1) is 11.0. The van der Waals surface area contributed by atoms with E-state index in [0.29, 0.717) is 17.9 Å². The monoisotopic (exact) mass is 309 g/mol. The van der Waals surface area contributed by atoms with E-state index in [0.717, 1.165) is 22.6 Å². The third-order valence-corrected chi connectivity index (χ3v) is 3.60. The number of hydrogen-bond donors (Lipinski definition) is 2. The van der Waals surface area contributed by atoms with E-state index in [9.17, 15) is 4.79 Å². The fraction of sp³-hybridized carbons (Fsp3) is 0.235. The molecule has 0 aliphatic heterocycles. The van der Waals surface area contributed by atoms with Crippen molar-refractivity contribution >= 4 is 11.7 Å². The standard InChI is InChI=1S/C17H19N5O/c1-11-9-16(20-19-11)18-17(23)15-6-4-14(5-7-15)10-22-13(3)8-12(2)21-22/h4-9H,10H2,1-3H3,(H2,18,19,20,23). The number of H-pyrrole nitrogens is 1. The molecule has 0 radical (unpaired) electrons. The van der Waals surface area contributed by atoms with Gasteiger partial charge in [-0.15, -0.1) is 0 Å². The molecular weight excluding hydrogens is 290 g/mol. The number of rotatable bonds is 4. The molecule has 1 amide bonds. The predicted molar refractivity (Wildman–Crippen MR) is 88.5 cm³/mol. The first kappa shape index (κ1) is 15.0. The summed E-state index contributed by atoms with van der Waals surface area (Å²) in [4.78, 5) is 12.2. The van der Waals surface area contributed by atoms with Crippen molar-refractivity contribution in [2.75, 3.05) is 5.32 Å². The van der Waals surface area contributed by atoms with Crippen molar-refractivity contribution in [3.63, 3.8) is 0 Å². The SMILES string of the molecule is Cc1cc(C)n(Cc2ccc(C(=O)Nc3cc(C)[nH]n3)cc2)n1. The van der Waals surface area contributed by atoms with E-state index < -0.39 is 0 Å².